The van der Waals surface area contributed by atoms with E-state index in [1.165, 1.54) is 25.1 Å². The largest absolute Gasteiger partial charge is 0.486 e. The van der Waals surface area contributed by atoms with E-state index >= 15 is 0 Å². The number of rotatable bonds is 7. The third-order valence-corrected chi connectivity index (χ3v) is 6.48. The van der Waals surface area contributed by atoms with Crippen molar-refractivity contribution in [1.82, 2.24) is 5.32 Å². The van der Waals surface area contributed by atoms with Crippen LogP contribution in [0, 0.1) is 5.82 Å². The summed E-state index contributed by atoms with van der Waals surface area (Å²) in [5.74, 6) is -0.961. The van der Waals surface area contributed by atoms with Crippen LogP contribution < -0.4 is 19.7 Å². The summed E-state index contributed by atoms with van der Waals surface area (Å²) in [6, 6.07) is 8.52. The molecule has 2 atom stereocenters. The maximum atomic E-state index is 13.3. The van der Waals surface area contributed by atoms with E-state index in [9.17, 15) is 27.5 Å². The van der Waals surface area contributed by atoms with E-state index in [0.717, 1.165) is 28.6 Å². The summed E-state index contributed by atoms with van der Waals surface area (Å²) in [6.45, 7) is 1.32. The van der Waals surface area contributed by atoms with Crippen LogP contribution in [0.4, 0.5) is 20.6 Å². The van der Waals surface area contributed by atoms with Gasteiger partial charge in [-0.15, -0.1) is 0 Å². The van der Waals surface area contributed by atoms with Crippen molar-refractivity contribution in [2.75, 3.05) is 22.7 Å². The molecule has 0 spiro atoms. The Balaban J connectivity index is 1.92. The number of nitrogens with one attached hydrogen (secondary N) is 2. The van der Waals surface area contributed by atoms with Gasteiger partial charge < -0.3 is 20.3 Å². The van der Waals surface area contributed by atoms with Gasteiger partial charge in [-0.1, -0.05) is 0 Å². The molecule has 32 heavy (non-hydrogen) atoms. The number of benzene rings is 2. The molecule has 2 aromatic rings. The van der Waals surface area contributed by atoms with Crippen molar-refractivity contribution in [2.45, 2.75) is 30.4 Å². The van der Waals surface area contributed by atoms with E-state index in [2.05, 4.69) is 10.6 Å². The molecule has 0 radical (unpaired) electrons. The number of sulfonamides is 1. The Morgan fingerprint density at radius 3 is 2.56 bits per heavy atom. The SMILES string of the molecule is CC(O)C(=O)NCC[C@H]1CN(S(=O)(=O)c2ccc(F)cc2)c2cc(NC(=O)O)ccc2O1. The van der Waals surface area contributed by atoms with Gasteiger partial charge >= 0.3 is 6.09 Å². The van der Waals surface area contributed by atoms with E-state index in [-0.39, 0.29) is 41.5 Å². The molecule has 0 bridgehead atoms. The zero-order valence-electron chi connectivity index (χ0n) is 17.0. The van der Waals surface area contributed by atoms with Crippen molar-refractivity contribution in [3.05, 3.63) is 48.3 Å². The zero-order chi connectivity index (χ0) is 23.5. The van der Waals surface area contributed by atoms with Crippen molar-refractivity contribution in [3.8, 4) is 5.75 Å². The Labute approximate surface area is 183 Å². The molecule has 1 aliphatic heterocycles. The van der Waals surface area contributed by atoms with Crippen LogP contribution >= 0.6 is 0 Å². The molecule has 1 heterocycles. The summed E-state index contributed by atoms with van der Waals surface area (Å²) >= 11 is 0. The molecule has 0 aromatic heterocycles. The highest BCUT2D eigenvalue weighted by Crippen LogP contribution is 2.39. The molecular formula is C20H22FN3O7S. The van der Waals surface area contributed by atoms with Crippen LogP contribution in [0.25, 0.3) is 0 Å². The summed E-state index contributed by atoms with van der Waals surface area (Å²) in [5, 5.41) is 22.9. The Kier molecular flexibility index (Phi) is 6.84. The summed E-state index contributed by atoms with van der Waals surface area (Å²) in [4.78, 5) is 22.4. The molecule has 0 saturated carbocycles. The third kappa shape index (κ3) is 5.26. The molecule has 2 amide bonds. The number of carboxylic acid groups (broad SMARTS) is 1. The first kappa shape index (κ1) is 23.3. The number of aliphatic hydroxyl groups is 1. The van der Waals surface area contributed by atoms with Gasteiger partial charge in [-0.25, -0.2) is 17.6 Å². The lowest BCUT2D eigenvalue weighted by atomic mass is 10.1. The van der Waals surface area contributed by atoms with Gasteiger partial charge in [0.05, 0.1) is 17.1 Å². The van der Waals surface area contributed by atoms with Crippen LogP contribution in [0.15, 0.2) is 47.4 Å². The fourth-order valence-corrected chi connectivity index (χ4v) is 4.63. The Hall–Kier alpha value is -3.38. The number of amides is 2. The van der Waals surface area contributed by atoms with Crippen LogP contribution in [0.5, 0.6) is 5.75 Å². The van der Waals surface area contributed by atoms with Crippen molar-refractivity contribution < 1.29 is 37.3 Å². The predicted molar refractivity (Wildman–Crippen MR) is 113 cm³/mol. The second-order valence-corrected chi connectivity index (χ2v) is 8.96. The molecule has 172 valence electrons. The number of fused-ring (bicyclic) bond motifs is 1. The average Bonchev–Trinajstić information content (AvgIpc) is 2.73. The highest BCUT2D eigenvalue weighted by molar-refractivity contribution is 7.92. The number of hydrogen-bond donors (Lipinski definition) is 4. The smallest absolute Gasteiger partial charge is 0.409 e. The fourth-order valence-electron chi connectivity index (χ4n) is 3.13. The maximum absolute atomic E-state index is 13.3. The molecule has 0 saturated heterocycles. The van der Waals surface area contributed by atoms with Crippen LogP contribution in [-0.2, 0) is 14.8 Å². The van der Waals surface area contributed by atoms with Crippen LogP contribution in [0.3, 0.4) is 0 Å². The van der Waals surface area contributed by atoms with Crippen molar-refractivity contribution >= 4 is 33.4 Å². The van der Waals surface area contributed by atoms with Crippen molar-refractivity contribution in [2.24, 2.45) is 0 Å². The first-order valence-electron chi connectivity index (χ1n) is 9.62. The number of halogens is 1. The molecule has 10 nitrogen and oxygen atoms in total. The number of aliphatic hydroxyl groups excluding tert-OH is 1. The minimum atomic E-state index is -4.14. The fraction of sp³-hybridized carbons (Fsp3) is 0.300. The molecule has 1 aliphatic rings. The molecule has 2 aromatic carbocycles. The van der Waals surface area contributed by atoms with E-state index in [1.54, 1.807) is 0 Å². The van der Waals surface area contributed by atoms with Crippen LogP contribution in [0.2, 0.25) is 0 Å². The van der Waals surface area contributed by atoms with Crippen LogP contribution in [-0.4, -0.2) is 55.9 Å². The lowest BCUT2D eigenvalue weighted by Crippen LogP contribution is -2.45. The van der Waals surface area contributed by atoms with E-state index in [4.69, 9.17) is 9.84 Å². The first-order valence-corrected chi connectivity index (χ1v) is 11.1. The Bertz CT molecular complexity index is 1110. The summed E-state index contributed by atoms with van der Waals surface area (Å²) in [7, 11) is -4.14. The lowest BCUT2D eigenvalue weighted by Gasteiger charge is -2.36. The van der Waals surface area contributed by atoms with E-state index in [1.807, 2.05) is 0 Å². The zero-order valence-corrected chi connectivity index (χ0v) is 17.8. The van der Waals surface area contributed by atoms with Crippen molar-refractivity contribution in [3.63, 3.8) is 0 Å². The third-order valence-electron chi connectivity index (χ3n) is 4.69. The number of hydrogen-bond acceptors (Lipinski definition) is 6. The van der Waals surface area contributed by atoms with Crippen molar-refractivity contribution in [1.29, 1.82) is 0 Å². The van der Waals surface area contributed by atoms with Gasteiger partial charge in [0.25, 0.3) is 10.0 Å². The van der Waals surface area contributed by atoms with Gasteiger partial charge in [0, 0.05) is 18.7 Å². The second-order valence-electron chi connectivity index (χ2n) is 7.10. The number of carbonyl (C=O) groups excluding carboxylic acids is 1. The normalized spacial score (nSPS) is 16.5. The number of carbonyl (C=O) groups is 2. The quantitative estimate of drug-likeness (QED) is 0.485. The Morgan fingerprint density at radius 2 is 1.94 bits per heavy atom. The molecule has 3 rings (SSSR count). The van der Waals surface area contributed by atoms with E-state index in [0.29, 0.717) is 0 Å². The molecule has 0 fully saturated rings. The number of ether oxygens (including phenoxy) is 1. The molecule has 1 unspecified atom stereocenters. The van der Waals surface area contributed by atoms with Gasteiger partial charge in [0.15, 0.2) is 0 Å². The minimum absolute atomic E-state index is 0.116. The molecular weight excluding hydrogens is 445 g/mol. The highest BCUT2D eigenvalue weighted by atomic mass is 32.2. The van der Waals surface area contributed by atoms with Gasteiger partial charge in [0.1, 0.15) is 23.8 Å². The minimum Gasteiger partial charge on any atom is -0.486 e. The predicted octanol–water partition coefficient (Wildman–Crippen LogP) is 1.76. The van der Waals surface area contributed by atoms with E-state index < -0.39 is 40.0 Å². The van der Waals surface area contributed by atoms with Crippen LogP contribution in [0.1, 0.15) is 13.3 Å². The first-order chi connectivity index (χ1) is 15.1. The standard InChI is InChI=1S/C20H22FN3O7S/c1-12(25)19(26)22-9-8-15-11-24(32(29,30)16-5-2-13(21)3-6-16)17-10-14(23-20(27)28)4-7-18(17)31-15/h2-7,10,12,15,23,25H,8-9,11H2,1H3,(H,22,26)(H,27,28)/t12?,15-/m0/s1. The Morgan fingerprint density at radius 1 is 1.25 bits per heavy atom. The monoisotopic (exact) mass is 467 g/mol. The van der Waals surface area contributed by atoms with Gasteiger partial charge in [-0.2, -0.15) is 0 Å². The maximum Gasteiger partial charge on any atom is 0.409 e. The molecule has 12 heteroatoms. The molecule has 0 aliphatic carbocycles. The highest BCUT2D eigenvalue weighted by Gasteiger charge is 2.35. The number of nitrogens with zero attached hydrogens (tertiary/aromatic N) is 1. The van der Waals surface area contributed by atoms with Gasteiger partial charge in [0.2, 0.25) is 5.91 Å². The summed E-state index contributed by atoms with van der Waals surface area (Å²) in [5.41, 5.74) is 0.256. The summed E-state index contributed by atoms with van der Waals surface area (Å²) in [6.07, 6.45) is -2.91. The van der Waals surface area contributed by atoms with Gasteiger partial charge in [-0.3, -0.25) is 14.4 Å². The molecule has 4 N–H and O–H groups in total. The van der Waals surface area contributed by atoms with Gasteiger partial charge in [-0.05, 0) is 49.4 Å². The second kappa shape index (κ2) is 9.40. The summed E-state index contributed by atoms with van der Waals surface area (Å²) < 4.78 is 46.9. The lowest BCUT2D eigenvalue weighted by molar-refractivity contribution is -0.128. The number of anilines is 2. The topological polar surface area (TPSA) is 145 Å². The average molecular weight is 467 g/mol.